The SMILES string of the molecule is COc1ccc(Cl)cc1CC(=O)N1CCC(C(N)=O)CC1. The van der Waals surface area contributed by atoms with Gasteiger partial charge in [0.2, 0.25) is 11.8 Å². The van der Waals surface area contributed by atoms with Crippen molar-refractivity contribution in [2.45, 2.75) is 19.3 Å². The molecule has 0 unspecified atom stereocenters. The van der Waals surface area contributed by atoms with Crippen LogP contribution >= 0.6 is 11.6 Å². The summed E-state index contributed by atoms with van der Waals surface area (Å²) in [5.74, 6) is 0.270. The van der Waals surface area contributed by atoms with E-state index in [1.165, 1.54) is 0 Å². The van der Waals surface area contributed by atoms with Gasteiger partial charge >= 0.3 is 0 Å². The second kappa shape index (κ2) is 6.80. The minimum atomic E-state index is -0.279. The minimum absolute atomic E-state index is 0.0125. The first kappa shape index (κ1) is 15.6. The van der Waals surface area contributed by atoms with Crippen LogP contribution in [0.15, 0.2) is 18.2 Å². The van der Waals surface area contributed by atoms with Crippen molar-refractivity contribution in [3.63, 3.8) is 0 Å². The Morgan fingerprint density at radius 2 is 2.05 bits per heavy atom. The molecule has 1 fully saturated rings. The molecule has 1 saturated heterocycles. The number of nitrogens with zero attached hydrogens (tertiary/aromatic N) is 1. The number of ether oxygens (including phenoxy) is 1. The molecule has 1 aliphatic heterocycles. The maximum atomic E-state index is 12.3. The van der Waals surface area contributed by atoms with Crippen molar-refractivity contribution < 1.29 is 14.3 Å². The predicted molar refractivity (Wildman–Crippen MR) is 80.2 cm³/mol. The number of halogens is 1. The normalized spacial score (nSPS) is 15.8. The summed E-state index contributed by atoms with van der Waals surface area (Å²) in [6.45, 7) is 1.13. The van der Waals surface area contributed by atoms with E-state index >= 15 is 0 Å². The highest BCUT2D eigenvalue weighted by Crippen LogP contribution is 2.24. The number of carbonyl (C=O) groups is 2. The smallest absolute Gasteiger partial charge is 0.227 e. The Hall–Kier alpha value is -1.75. The number of hydrogen-bond donors (Lipinski definition) is 1. The van der Waals surface area contributed by atoms with Gasteiger partial charge in [0.15, 0.2) is 0 Å². The maximum Gasteiger partial charge on any atom is 0.227 e. The molecule has 0 bridgehead atoms. The monoisotopic (exact) mass is 310 g/mol. The number of piperidine rings is 1. The van der Waals surface area contributed by atoms with Crippen LogP contribution in [0.4, 0.5) is 0 Å². The topological polar surface area (TPSA) is 72.6 Å². The summed E-state index contributed by atoms with van der Waals surface area (Å²) in [6.07, 6.45) is 1.51. The molecule has 21 heavy (non-hydrogen) atoms. The Morgan fingerprint density at radius 3 is 2.62 bits per heavy atom. The van der Waals surface area contributed by atoms with Gasteiger partial charge in [0.1, 0.15) is 5.75 Å². The van der Waals surface area contributed by atoms with Crippen LogP contribution in [0.1, 0.15) is 18.4 Å². The lowest BCUT2D eigenvalue weighted by Crippen LogP contribution is -2.42. The van der Waals surface area contributed by atoms with Gasteiger partial charge in [-0.3, -0.25) is 9.59 Å². The minimum Gasteiger partial charge on any atom is -0.496 e. The van der Waals surface area contributed by atoms with E-state index in [1.807, 2.05) is 0 Å². The number of benzene rings is 1. The number of amides is 2. The highest BCUT2D eigenvalue weighted by atomic mass is 35.5. The summed E-state index contributed by atoms with van der Waals surface area (Å²) >= 11 is 5.97. The molecule has 2 rings (SSSR count). The number of methoxy groups -OCH3 is 1. The van der Waals surface area contributed by atoms with E-state index in [-0.39, 0.29) is 24.2 Å². The first-order chi connectivity index (χ1) is 10.0. The first-order valence-electron chi connectivity index (χ1n) is 6.90. The van der Waals surface area contributed by atoms with E-state index in [2.05, 4.69) is 0 Å². The van der Waals surface area contributed by atoms with Gasteiger partial charge in [0.05, 0.1) is 13.5 Å². The lowest BCUT2D eigenvalue weighted by molar-refractivity contribution is -0.134. The molecule has 0 saturated carbocycles. The average molecular weight is 311 g/mol. The van der Waals surface area contributed by atoms with Crippen LogP contribution in [0, 0.1) is 5.92 Å². The molecule has 0 radical (unpaired) electrons. The quantitative estimate of drug-likeness (QED) is 0.918. The van der Waals surface area contributed by atoms with E-state index in [1.54, 1.807) is 30.2 Å². The lowest BCUT2D eigenvalue weighted by Gasteiger charge is -2.30. The van der Waals surface area contributed by atoms with E-state index in [0.717, 1.165) is 5.56 Å². The summed E-state index contributed by atoms with van der Waals surface area (Å²) in [5.41, 5.74) is 6.06. The van der Waals surface area contributed by atoms with Crippen LogP contribution < -0.4 is 10.5 Å². The fourth-order valence-electron chi connectivity index (χ4n) is 2.57. The summed E-state index contributed by atoms with van der Waals surface area (Å²) < 4.78 is 5.25. The Morgan fingerprint density at radius 1 is 1.38 bits per heavy atom. The number of rotatable bonds is 4. The molecule has 114 valence electrons. The van der Waals surface area contributed by atoms with Crippen molar-refractivity contribution >= 4 is 23.4 Å². The molecule has 1 aromatic rings. The van der Waals surface area contributed by atoms with Gasteiger partial charge in [-0.1, -0.05) is 11.6 Å². The molecular weight excluding hydrogens is 292 g/mol. The molecular formula is C15H19ClN2O3. The second-order valence-electron chi connectivity index (χ2n) is 5.19. The zero-order valence-corrected chi connectivity index (χ0v) is 12.7. The number of carbonyl (C=O) groups excluding carboxylic acids is 2. The third-order valence-electron chi connectivity index (χ3n) is 3.83. The van der Waals surface area contributed by atoms with Gasteiger partial charge in [-0.25, -0.2) is 0 Å². The largest absolute Gasteiger partial charge is 0.496 e. The molecule has 6 heteroatoms. The van der Waals surface area contributed by atoms with Crippen LogP contribution in [0.3, 0.4) is 0 Å². The van der Waals surface area contributed by atoms with Crippen molar-refractivity contribution in [1.82, 2.24) is 4.90 Å². The zero-order valence-electron chi connectivity index (χ0n) is 12.0. The van der Waals surface area contributed by atoms with Gasteiger partial charge in [0.25, 0.3) is 0 Å². The van der Waals surface area contributed by atoms with E-state index in [4.69, 9.17) is 22.1 Å². The lowest BCUT2D eigenvalue weighted by atomic mass is 9.96. The second-order valence-corrected chi connectivity index (χ2v) is 5.63. The summed E-state index contributed by atoms with van der Waals surface area (Å²) in [6, 6.07) is 5.23. The molecule has 2 amide bonds. The van der Waals surface area contributed by atoms with E-state index < -0.39 is 0 Å². The fraction of sp³-hybridized carbons (Fsp3) is 0.467. The number of likely N-dealkylation sites (tertiary alicyclic amines) is 1. The molecule has 1 aliphatic rings. The summed E-state index contributed by atoms with van der Waals surface area (Å²) in [4.78, 5) is 25.2. The molecule has 1 aromatic carbocycles. The molecule has 0 atom stereocenters. The van der Waals surface area contributed by atoms with Gasteiger partial charge < -0.3 is 15.4 Å². The Kier molecular flexibility index (Phi) is 5.07. The van der Waals surface area contributed by atoms with E-state index in [0.29, 0.717) is 36.7 Å². The van der Waals surface area contributed by atoms with Crippen LogP contribution in [0.2, 0.25) is 5.02 Å². The van der Waals surface area contributed by atoms with Crippen LogP contribution in [0.5, 0.6) is 5.75 Å². The molecule has 5 nitrogen and oxygen atoms in total. The van der Waals surface area contributed by atoms with Gasteiger partial charge in [-0.15, -0.1) is 0 Å². The fourth-order valence-corrected chi connectivity index (χ4v) is 2.77. The Labute approximate surface area is 129 Å². The first-order valence-corrected chi connectivity index (χ1v) is 7.28. The third kappa shape index (κ3) is 3.88. The average Bonchev–Trinajstić information content (AvgIpc) is 2.47. The van der Waals surface area contributed by atoms with Crippen molar-refractivity contribution in [3.8, 4) is 5.75 Å². The summed E-state index contributed by atoms with van der Waals surface area (Å²) in [7, 11) is 1.57. The summed E-state index contributed by atoms with van der Waals surface area (Å²) in [5, 5.41) is 0.575. The molecule has 0 aromatic heterocycles. The number of hydrogen-bond acceptors (Lipinski definition) is 3. The molecule has 1 heterocycles. The highest BCUT2D eigenvalue weighted by molar-refractivity contribution is 6.30. The Balaban J connectivity index is 1.99. The predicted octanol–water partition coefficient (Wildman–Crippen LogP) is 1.61. The maximum absolute atomic E-state index is 12.3. The van der Waals surface area contributed by atoms with Crippen molar-refractivity contribution in [3.05, 3.63) is 28.8 Å². The highest BCUT2D eigenvalue weighted by Gasteiger charge is 2.26. The van der Waals surface area contributed by atoms with Gasteiger partial charge in [0, 0.05) is 29.6 Å². The molecule has 0 spiro atoms. The molecule has 0 aliphatic carbocycles. The van der Waals surface area contributed by atoms with Gasteiger partial charge in [-0.05, 0) is 31.0 Å². The Bertz CT molecular complexity index is 540. The van der Waals surface area contributed by atoms with Crippen LogP contribution in [0.25, 0.3) is 0 Å². The van der Waals surface area contributed by atoms with E-state index in [9.17, 15) is 9.59 Å². The van der Waals surface area contributed by atoms with Gasteiger partial charge in [-0.2, -0.15) is 0 Å². The number of primary amides is 1. The number of nitrogens with two attached hydrogens (primary N) is 1. The zero-order chi connectivity index (χ0) is 15.4. The standard InChI is InChI=1S/C15H19ClN2O3/c1-21-13-3-2-12(16)8-11(13)9-14(19)18-6-4-10(5-7-18)15(17)20/h2-3,8,10H,4-7,9H2,1H3,(H2,17,20). The van der Waals surface area contributed by atoms with Crippen molar-refractivity contribution in [1.29, 1.82) is 0 Å². The van der Waals surface area contributed by atoms with Crippen LogP contribution in [-0.2, 0) is 16.0 Å². The van der Waals surface area contributed by atoms with Crippen molar-refractivity contribution in [2.24, 2.45) is 11.7 Å². The van der Waals surface area contributed by atoms with Crippen molar-refractivity contribution in [2.75, 3.05) is 20.2 Å². The van der Waals surface area contributed by atoms with Crippen LogP contribution in [-0.4, -0.2) is 36.9 Å². The molecule has 2 N–H and O–H groups in total. The third-order valence-corrected chi connectivity index (χ3v) is 4.07.